The Morgan fingerprint density at radius 1 is 1.52 bits per heavy atom. The lowest BCUT2D eigenvalue weighted by Crippen LogP contribution is -2.13. The van der Waals surface area contributed by atoms with Crippen LogP contribution in [0.1, 0.15) is 34.0 Å². The highest BCUT2D eigenvalue weighted by atomic mass is 32.1. The van der Waals surface area contributed by atoms with Gasteiger partial charge in [0.15, 0.2) is 0 Å². The smallest absolute Gasteiger partial charge is 0.275 e. The summed E-state index contributed by atoms with van der Waals surface area (Å²) in [5.74, 6) is -0.369. The molecule has 0 aliphatic heterocycles. The Balaban J connectivity index is 2.15. The van der Waals surface area contributed by atoms with E-state index in [4.69, 9.17) is 5.73 Å². The molecule has 1 atom stereocenters. The molecule has 1 aromatic heterocycles. The Bertz CT molecular complexity index is 696. The standard InChI is InChI=1S/C13H14N4O3S/c1-7-5-9(3-4-11(7)17(19)20)15-12(18)10-6-21-13(16-10)8(2)14/h3-6,8H,14H2,1-2H3,(H,15,18). The highest BCUT2D eigenvalue weighted by Crippen LogP contribution is 2.22. The lowest BCUT2D eigenvalue weighted by atomic mass is 10.2. The van der Waals surface area contributed by atoms with Crippen molar-refractivity contribution in [2.45, 2.75) is 19.9 Å². The first kappa shape index (κ1) is 15.1. The van der Waals surface area contributed by atoms with Gasteiger partial charge in [-0.3, -0.25) is 14.9 Å². The summed E-state index contributed by atoms with van der Waals surface area (Å²) in [5.41, 5.74) is 6.96. The Labute approximate surface area is 125 Å². The molecule has 8 heteroatoms. The lowest BCUT2D eigenvalue weighted by Gasteiger charge is -2.05. The van der Waals surface area contributed by atoms with Crippen molar-refractivity contribution in [1.82, 2.24) is 4.98 Å². The van der Waals surface area contributed by atoms with Crippen molar-refractivity contribution < 1.29 is 9.72 Å². The first-order valence-electron chi connectivity index (χ1n) is 6.16. The summed E-state index contributed by atoms with van der Waals surface area (Å²) in [6, 6.07) is 4.18. The number of nitrogens with one attached hydrogen (secondary N) is 1. The van der Waals surface area contributed by atoms with Gasteiger partial charge in [-0.05, 0) is 26.0 Å². The van der Waals surface area contributed by atoms with Crippen molar-refractivity contribution in [2.75, 3.05) is 5.32 Å². The van der Waals surface area contributed by atoms with Crippen LogP contribution in [-0.4, -0.2) is 15.8 Å². The number of anilines is 1. The van der Waals surface area contributed by atoms with Crippen LogP contribution < -0.4 is 11.1 Å². The molecule has 0 radical (unpaired) electrons. The van der Waals surface area contributed by atoms with Gasteiger partial charge in [-0.1, -0.05) is 0 Å². The third kappa shape index (κ3) is 3.41. The van der Waals surface area contributed by atoms with Crippen LogP contribution in [0, 0.1) is 17.0 Å². The van der Waals surface area contributed by atoms with Crippen LogP contribution >= 0.6 is 11.3 Å². The number of amides is 1. The van der Waals surface area contributed by atoms with Gasteiger partial charge in [-0.15, -0.1) is 11.3 Å². The average molecular weight is 306 g/mol. The third-order valence-corrected chi connectivity index (χ3v) is 3.84. The zero-order chi connectivity index (χ0) is 15.6. The molecule has 1 heterocycles. The quantitative estimate of drug-likeness (QED) is 0.666. The van der Waals surface area contributed by atoms with Crippen molar-refractivity contribution >= 4 is 28.6 Å². The van der Waals surface area contributed by atoms with Gasteiger partial charge in [-0.2, -0.15) is 0 Å². The number of benzene rings is 1. The first-order chi connectivity index (χ1) is 9.88. The topological polar surface area (TPSA) is 111 Å². The van der Waals surface area contributed by atoms with Crippen molar-refractivity contribution in [3.05, 3.63) is 50.0 Å². The molecular formula is C13H14N4O3S. The number of carbonyl (C=O) groups is 1. The van der Waals surface area contributed by atoms with Crippen molar-refractivity contribution in [3.8, 4) is 0 Å². The van der Waals surface area contributed by atoms with E-state index >= 15 is 0 Å². The number of nitro groups is 1. The fraction of sp³-hybridized carbons (Fsp3) is 0.231. The van der Waals surface area contributed by atoms with Crippen LogP contribution in [0.25, 0.3) is 0 Å². The summed E-state index contributed by atoms with van der Waals surface area (Å²) in [4.78, 5) is 26.5. The van der Waals surface area contributed by atoms with Crippen LogP contribution in [0.3, 0.4) is 0 Å². The second kappa shape index (κ2) is 5.98. The molecule has 0 spiro atoms. The maximum absolute atomic E-state index is 12.0. The number of carbonyl (C=O) groups excluding carboxylic acids is 1. The highest BCUT2D eigenvalue weighted by molar-refractivity contribution is 7.09. The molecule has 0 saturated carbocycles. The van der Waals surface area contributed by atoms with Crippen LogP contribution in [-0.2, 0) is 0 Å². The Kier molecular flexibility index (Phi) is 4.29. The maximum Gasteiger partial charge on any atom is 0.275 e. The molecule has 2 aromatic rings. The normalized spacial score (nSPS) is 12.0. The summed E-state index contributed by atoms with van der Waals surface area (Å²) in [6.07, 6.45) is 0. The Morgan fingerprint density at radius 2 is 2.24 bits per heavy atom. The summed E-state index contributed by atoms with van der Waals surface area (Å²) in [5, 5.41) is 15.7. The minimum atomic E-state index is -0.462. The number of nitro benzene ring substituents is 1. The van der Waals surface area contributed by atoms with E-state index < -0.39 is 4.92 Å². The van der Waals surface area contributed by atoms with E-state index in [9.17, 15) is 14.9 Å². The summed E-state index contributed by atoms with van der Waals surface area (Å²) in [6.45, 7) is 3.41. The molecule has 21 heavy (non-hydrogen) atoms. The number of thiazole rings is 1. The second-order valence-electron chi connectivity index (χ2n) is 4.57. The molecule has 0 aliphatic rings. The van der Waals surface area contributed by atoms with Gasteiger partial charge in [0.1, 0.15) is 10.7 Å². The average Bonchev–Trinajstić information content (AvgIpc) is 2.88. The van der Waals surface area contributed by atoms with Crippen molar-refractivity contribution in [3.63, 3.8) is 0 Å². The number of aromatic nitrogens is 1. The van der Waals surface area contributed by atoms with Gasteiger partial charge in [0.25, 0.3) is 11.6 Å². The SMILES string of the molecule is Cc1cc(NC(=O)c2csc(C(C)N)n2)ccc1[N+](=O)[O-]. The fourth-order valence-corrected chi connectivity index (χ4v) is 2.49. The van der Waals surface area contributed by atoms with Gasteiger partial charge < -0.3 is 11.1 Å². The summed E-state index contributed by atoms with van der Waals surface area (Å²) in [7, 11) is 0. The number of rotatable bonds is 4. The number of hydrogen-bond donors (Lipinski definition) is 2. The predicted molar refractivity (Wildman–Crippen MR) is 80.5 cm³/mol. The molecule has 0 bridgehead atoms. The van der Waals surface area contributed by atoms with Gasteiger partial charge in [0.2, 0.25) is 0 Å². The number of aryl methyl sites for hydroxylation is 1. The van der Waals surface area contributed by atoms with E-state index in [-0.39, 0.29) is 23.3 Å². The van der Waals surface area contributed by atoms with Gasteiger partial charge in [0, 0.05) is 22.7 Å². The zero-order valence-corrected chi connectivity index (χ0v) is 12.3. The van der Waals surface area contributed by atoms with E-state index in [1.807, 2.05) is 0 Å². The minimum Gasteiger partial charge on any atom is -0.322 e. The molecule has 0 saturated heterocycles. The first-order valence-corrected chi connectivity index (χ1v) is 7.04. The van der Waals surface area contributed by atoms with Crippen LogP contribution in [0.4, 0.5) is 11.4 Å². The summed E-state index contributed by atoms with van der Waals surface area (Å²) >= 11 is 1.32. The van der Waals surface area contributed by atoms with Crippen molar-refractivity contribution in [1.29, 1.82) is 0 Å². The van der Waals surface area contributed by atoms with Crippen molar-refractivity contribution in [2.24, 2.45) is 5.73 Å². The molecule has 110 valence electrons. The van der Waals surface area contributed by atoms with E-state index in [2.05, 4.69) is 10.3 Å². The molecule has 7 nitrogen and oxygen atoms in total. The molecule has 1 amide bonds. The molecule has 3 N–H and O–H groups in total. The van der Waals surface area contributed by atoms with Crippen LogP contribution in [0.5, 0.6) is 0 Å². The number of nitrogens with zero attached hydrogens (tertiary/aromatic N) is 2. The molecule has 2 rings (SSSR count). The monoisotopic (exact) mass is 306 g/mol. The third-order valence-electron chi connectivity index (χ3n) is 2.80. The number of hydrogen-bond acceptors (Lipinski definition) is 6. The van der Waals surface area contributed by atoms with E-state index in [1.165, 1.54) is 23.5 Å². The van der Waals surface area contributed by atoms with Gasteiger partial charge in [-0.25, -0.2) is 4.98 Å². The largest absolute Gasteiger partial charge is 0.322 e. The fourth-order valence-electron chi connectivity index (χ4n) is 1.73. The van der Waals surface area contributed by atoms with E-state index in [1.54, 1.807) is 25.3 Å². The van der Waals surface area contributed by atoms with Gasteiger partial charge >= 0.3 is 0 Å². The predicted octanol–water partition coefficient (Wildman–Crippen LogP) is 2.63. The Hall–Kier alpha value is -2.32. The van der Waals surface area contributed by atoms with E-state index in [0.717, 1.165) is 0 Å². The number of nitrogens with two attached hydrogens (primary N) is 1. The van der Waals surface area contributed by atoms with E-state index in [0.29, 0.717) is 16.3 Å². The second-order valence-corrected chi connectivity index (χ2v) is 5.46. The molecule has 0 fully saturated rings. The minimum absolute atomic E-state index is 0.0147. The molecular weight excluding hydrogens is 292 g/mol. The van der Waals surface area contributed by atoms with Gasteiger partial charge in [0.05, 0.1) is 11.0 Å². The lowest BCUT2D eigenvalue weighted by molar-refractivity contribution is -0.385. The molecule has 0 aliphatic carbocycles. The highest BCUT2D eigenvalue weighted by Gasteiger charge is 2.15. The molecule has 1 aromatic carbocycles. The summed E-state index contributed by atoms with van der Waals surface area (Å²) < 4.78 is 0. The zero-order valence-electron chi connectivity index (χ0n) is 11.5. The van der Waals surface area contributed by atoms with Crippen LogP contribution in [0.15, 0.2) is 23.6 Å². The Morgan fingerprint density at radius 3 is 2.76 bits per heavy atom. The maximum atomic E-state index is 12.0. The van der Waals surface area contributed by atoms with Crippen LogP contribution in [0.2, 0.25) is 0 Å². The molecule has 1 unspecified atom stereocenters.